The number of nitrogens with zero attached hydrogens (tertiary/aromatic N) is 4. The van der Waals surface area contributed by atoms with Gasteiger partial charge < -0.3 is 26.0 Å². The highest BCUT2D eigenvalue weighted by Gasteiger charge is 2.36. The minimum Gasteiger partial charge on any atom is -0.384 e. The van der Waals surface area contributed by atoms with Crippen molar-refractivity contribution in [1.29, 1.82) is 0 Å². The van der Waals surface area contributed by atoms with Crippen LogP contribution in [0.25, 0.3) is 5.57 Å². The first-order valence-corrected chi connectivity index (χ1v) is 13.8. The number of amides is 1. The number of anilines is 4. The molecular formula is C31H37N7O2. The number of carbonyl (C=O) groups is 1. The van der Waals surface area contributed by atoms with Crippen molar-refractivity contribution in [3.63, 3.8) is 0 Å². The monoisotopic (exact) mass is 539 g/mol. The molecule has 0 bridgehead atoms. The zero-order chi connectivity index (χ0) is 28.3. The smallest absolute Gasteiger partial charge is 0.256 e. The highest BCUT2D eigenvalue weighted by Crippen LogP contribution is 2.39. The number of carbonyl (C=O) groups excluding carboxylic acids is 1. The maximum Gasteiger partial charge on any atom is 0.256 e. The second-order valence-electron chi connectivity index (χ2n) is 10.6. The maximum atomic E-state index is 12.9. The van der Waals surface area contributed by atoms with Gasteiger partial charge in [0.1, 0.15) is 22.8 Å². The second kappa shape index (κ2) is 11.6. The summed E-state index contributed by atoms with van der Waals surface area (Å²) < 4.78 is 0. The molecule has 2 aliphatic rings. The summed E-state index contributed by atoms with van der Waals surface area (Å²) in [7, 11) is 2.13. The summed E-state index contributed by atoms with van der Waals surface area (Å²) in [6.07, 6.45) is 8.46. The van der Waals surface area contributed by atoms with E-state index in [1.54, 1.807) is 6.08 Å². The number of nitrogens with one attached hydrogen (secondary N) is 3. The van der Waals surface area contributed by atoms with Gasteiger partial charge in [-0.15, -0.1) is 6.58 Å². The van der Waals surface area contributed by atoms with Gasteiger partial charge in [-0.2, -0.15) is 4.98 Å². The molecule has 3 aromatic rings. The fourth-order valence-corrected chi connectivity index (χ4v) is 5.30. The molecule has 40 heavy (non-hydrogen) atoms. The maximum absolute atomic E-state index is 12.9. The molecule has 0 spiro atoms. The molecule has 1 aliphatic heterocycles. The highest BCUT2D eigenvalue weighted by molar-refractivity contribution is 5.99. The van der Waals surface area contributed by atoms with Crippen molar-refractivity contribution in [2.75, 3.05) is 37.3 Å². The van der Waals surface area contributed by atoms with Gasteiger partial charge in [0, 0.05) is 31.5 Å². The Bertz CT molecular complexity index is 1470. The Morgan fingerprint density at radius 1 is 1.20 bits per heavy atom. The van der Waals surface area contributed by atoms with E-state index >= 15 is 0 Å². The van der Waals surface area contributed by atoms with Crippen LogP contribution >= 0.6 is 0 Å². The van der Waals surface area contributed by atoms with E-state index in [2.05, 4.69) is 69.6 Å². The Kier molecular flexibility index (Phi) is 7.95. The predicted molar refractivity (Wildman–Crippen MR) is 159 cm³/mol. The fourth-order valence-electron chi connectivity index (χ4n) is 5.30. The summed E-state index contributed by atoms with van der Waals surface area (Å²) in [6, 6.07) is 10.1. The number of aryl methyl sites for hydroxylation is 2. The number of aliphatic hydroxyl groups is 1. The SMILES string of the molecule is C=CCNC(=O)c1cnc(Nc2ccc(C3=CCN(C)CC3)c(C)c2)nc1Nc1ccc2c(n1)C(O)(CC)CC2. The van der Waals surface area contributed by atoms with Crippen LogP contribution in [0.15, 0.2) is 55.3 Å². The van der Waals surface area contributed by atoms with Crippen LogP contribution in [0.5, 0.6) is 0 Å². The van der Waals surface area contributed by atoms with Crippen LogP contribution in [-0.4, -0.2) is 57.5 Å². The molecule has 0 fully saturated rings. The standard InChI is InChI=1S/C31H37N7O2/c1-5-15-32-29(39)25-19-33-30(34-23-8-9-24(20(3)18-23)21-12-16-38(4)17-13-21)37-28(25)36-26-10-7-22-11-14-31(40,6-2)27(22)35-26/h5,7-10,12,18-19,40H,1,6,11,13-17H2,2-4H3,(H,32,39)(H2,33,34,35,36,37). The minimum absolute atomic E-state index is 0.279. The van der Waals surface area contributed by atoms with E-state index < -0.39 is 5.60 Å². The van der Waals surface area contributed by atoms with Crippen LogP contribution < -0.4 is 16.0 Å². The van der Waals surface area contributed by atoms with Gasteiger partial charge in [-0.3, -0.25) is 4.79 Å². The first-order valence-electron chi connectivity index (χ1n) is 13.8. The van der Waals surface area contributed by atoms with Crippen LogP contribution in [-0.2, 0) is 12.0 Å². The number of benzene rings is 1. The molecule has 5 rings (SSSR count). The first-order chi connectivity index (χ1) is 19.3. The van der Waals surface area contributed by atoms with Crippen molar-refractivity contribution in [2.45, 2.75) is 45.1 Å². The molecule has 1 unspecified atom stereocenters. The van der Waals surface area contributed by atoms with Crippen molar-refractivity contribution < 1.29 is 9.90 Å². The zero-order valence-corrected chi connectivity index (χ0v) is 23.4. The number of rotatable bonds is 9. The van der Waals surface area contributed by atoms with E-state index in [0.29, 0.717) is 42.7 Å². The molecule has 0 radical (unpaired) electrons. The van der Waals surface area contributed by atoms with E-state index in [0.717, 1.165) is 37.2 Å². The van der Waals surface area contributed by atoms with Gasteiger partial charge in [-0.25, -0.2) is 9.97 Å². The van der Waals surface area contributed by atoms with Crippen molar-refractivity contribution in [3.05, 3.63) is 83.2 Å². The molecule has 208 valence electrons. The van der Waals surface area contributed by atoms with Gasteiger partial charge in [0.15, 0.2) is 0 Å². The second-order valence-corrected chi connectivity index (χ2v) is 10.6. The third-order valence-electron chi connectivity index (χ3n) is 7.74. The summed E-state index contributed by atoms with van der Waals surface area (Å²) >= 11 is 0. The molecule has 4 N–H and O–H groups in total. The number of hydrogen-bond acceptors (Lipinski definition) is 8. The van der Waals surface area contributed by atoms with E-state index in [4.69, 9.17) is 4.98 Å². The number of hydrogen-bond donors (Lipinski definition) is 4. The highest BCUT2D eigenvalue weighted by atomic mass is 16.3. The molecule has 1 aromatic carbocycles. The average molecular weight is 540 g/mol. The van der Waals surface area contributed by atoms with Crippen LogP contribution in [0, 0.1) is 6.92 Å². The Labute approximate surface area is 235 Å². The molecule has 9 nitrogen and oxygen atoms in total. The predicted octanol–water partition coefficient (Wildman–Crippen LogP) is 4.85. The molecule has 9 heteroatoms. The average Bonchev–Trinajstić information content (AvgIpc) is 3.29. The molecule has 3 heterocycles. The lowest BCUT2D eigenvalue weighted by molar-refractivity contribution is 0.0307. The molecule has 1 atom stereocenters. The van der Waals surface area contributed by atoms with Crippen LogP contribution in [0.2, 0.25) is 0 Å². The van der Waals surface area contributed by atoms with Gasteiger partial charge in [-0.1, -0.05) is 31.2 Å². The molecule has 0 saturated carbocycles. The van der Waals surface area contributed by atoms with Gasteiger partial charge in [0.25, 0.3) is 5.91 Å². The van der Waals surface area contributed by atoms with Crippen molar-refractivity contribution >= 4 is 34.8 Å². The number of likely N-dealkylation sites (N-methyl/N-ethyl adjacent to an activating group) is 1. The molecular weight excluding hydrogens is 502 g/mol. The Hall–Kier alpha value is -4.08. The molecule has 2 aromatic heterocycles. The van der Waals surface area contributed by atoms with Crippen LogP contribution in [0.1, 0.15) is 58.9 Å². The lowest BCUT2D eigenvalue weighted by Crippen LogP contribution is -2.25. The van der Waals surface area contributed by atoms with Crippen molar-refractivity contribution in [1.82, 2.24) is 25.2 Å². The quantitative estimate of drug-likeness (QED) is 0.286. The van der Waals surface area contributed by atoms with Gasteiger partial charge in [-0.05, 0) is 80.1 Å². The van der Waals surface area contributed by atoms with Crippen molar-refractivity contribution in [2.24, 2.45) is 0 Å². The third kappa shape index (κ3) is 5.76. The Morgan fingerprint density at radius 3 is 2.77 bits per heavy atom. The van der Waals surface area contributed by atoms with E-state index in [1.165, 1.54) is 22.9 Å². The van der Waals surface area contributed by atoms with Gasteiger partial charge in [0.2, 0.25) is 5.95 Å². The van der Waals surface area contributed by atoms with Crippen LogP contribution in [0.4, 0.5) is 23.3 Å². The molecule has 0 saturated heterocycles. The summed E-state index contributed by atoms with van der Waals surface area (Å²) in [6.45, 7) is 10.1. The summed E-state index contributed by atoms with van der Waals surface area (Å²) in [5.41, 5.74) is 5.71. The van der Waals surface area contributed by atoms with Crippen LogP contribution in [0.3, 0.4) is 0 Å². The molecule has 1 aliphatic carbocycles. The van der Waals surface area contributed by atoms with E-state index in [9.17, 15) is 9.90 Å². The number of aromatic nitrogens is 3. The van der Waals surface area contributed by atoms with Crippen molar-refractivity contribution in [3.8, 4) is 0 Å². The molecule has 1 amide bonds. The zero-order valence-electron chi connectivity index (χ0n) is 23.4. The van der Waals surface area contributed by atoms with E-state index in [1.807, 2.05) is 25.1 Å². The summed E-state index contributed by atoms with van der Waals surface area (Å²) in [5, 5.41) is 20.3. The van der Waals surface area contributed by atoms with Gasteiger partial charge >= 0.3 is 0 Å². The van der Waals surface area contributed by atoms with Gasteiger partial charge in [0.05, 0.1) is 5.69 Å². The Balaban J connectivity index is 1.42. The minimum atomic E-state index is -0.941. The fraction of sp³-hybridized carbons (Fsp3) is 0.355. The first kappa shape index (κ1) is 27.5. The number of pyridine rings is 1. The largest absolute Gasteiger partial charge is 0.384 e. The lowest BCUT2D eigenvalue weighted by Gasteiger charge is -2.23. The summed E-state index contributed by atoms with van der Waals surface area (Å²) in [4.78, 5) is 29.0. The third-order valence-corrected chi connectivity index (χ3v) is 7.74. The number of fused-ring (bicyclic) bond motifs is 1. The summed E-state index contributed by atoms with van der Waals surface area (Å²) in [5.74, 6) is 0.835. The van der Waals surface area contributed by atoms with E-state index in [-0.39, 0.29) is 11.5 Å². The Morgan fingerprint density at radius 2 is 2.05 bits per heavy atom. The lowest BCUT2D eigenvalue weighted by atomic mass is 9.95. The topological polar surface area (TPSA) is 115 Å². The normalized spacial score (nSPS) is 18.6.